The van der Waals surface area contributed by atoms with Crippen molar-refractivity contribution in [1.82, 2.24) is 15.1 Å². The van der Waals surface area contributed by atoms with E-state index in [1.807, 2.05) is 43.6 Å². The maximum absolute atomic E-state index is 12.0. The normalized spacial score (nSPS) is 11.9. The van der Waals surface area contributed by atoms with Crippen LogP contribution in [0.15, 0.2) is 59.5 Å². The number of hydrogen-bond donors (Lipinski definition) is 1. The highest BCUT2D eigenvalue weighted by Gasteiger charge is 2.14. The summed E-state index contributed by atoms with van der Waals surface area (Å²) in [6, 6.07) is 11.2. The molecule has 0 bridgehead atoms. The number of rotatable bonds is 6. The van der Waals surface area contributed by atoms with Crippen LogP contribution in [0, 0.1) is 0 Å². The molecule has 6 heteroatoms. The van der Waals surface area contributed by atoms with Gasteiger partial charge in [0.1, 0.15) is 11.5 Å². The zero-order valence-corrected chi connectivity index (χ0v) is 13.6. The van der Waals surface area contributed by atoms with Crippen molar-refractivity contribution in [3.05, 3.63) is 60.8 Å². The van der Waals surface area contributed by atoms with Crippen LogP contribution in [-0.2, 0) is 18.4 Å². The van der Waals surface area contributed by atoms with Gasteiger partial charge < -0.3 is 14.5 Å². The molecule has 6 nitrogen and oxygen atoms in total. The highest BCUT2D eigenvalue weighted by Crippen LogP contribution is 2.22. The summed E-state index contributed by atoms with van der Waals surface area (Å²) < 4.78 is 12.6. The van der Waals surface area contributed by atoms with Crippen molar-refractivity contribution in [2.24, 2.45) is 7.05 Å². The standard InChI is InChI=1S/C18H19N3O3/c1-13(18(22)19-11-17-4-3-9-23-17)24-16-7-5-14(6-8-16)15-10-20-21(2)12-15/h3-10,12-13H,11H2,1-2H3,(H,19,22). The summed E-state index contributed by atoms with van der Waals surface area (Å²) in [4.78, 5) is 12.0. The van der Waals surface area contributed by atoms with Crippen LogP contribution < -0.4 is 10.1 Å². The fourth-order valence-electron chi connectivity index (χ4n) is 2.29. The first-order chi connectivity index (χ1) is 11.6. The second kappa shape index (κ2) is 7.04. The quantitative estimate of drug-likeness (QED) is 0.756. The Kier molecular flexibility index (Phi) is 4.65. The number of furan rings is 1. The first kappa shape index (κ1) is 15.9. The Hall–Kier alpha value is -3.02. The summed E-state index contributed by atoms with van der Waals surface area (Å²) in [5.41, 5.74) is 2.08. The number of aromatic nitrogens is 2. The molecule has 0 aliphatic carbocycles. The average molecular weight is 325 g/mol. The lowest BCUT2D eigenvalue weighted by Crippen LogP contribution is -2.35. The van der Waals surface area contributed by atoms with Crippen molar-refractivity contribution in [2.45, 2.75) is 19.6 Å². The molecule has 2 heterocycles. The molecule has 0 aliphatic rings. The van der Waals surface area contributed by atoms with E-state index >= 15 is 0 Å². The molecule has 24 heavy (non-hydrogen) atoms. The van der Waals surface area contributed by atoms with Gasteiger partial charge in [-0.25, -0.2) is 0 Å². The van der Waals surface area contributed by atoms with Gasteiger partial charge in [0.25, 0.3) is 5.91 Å². The van der Waals surface area contributed by atoms with Gasteiger partial charge in [-0.3, -0.25) is 9.48 Å². The fourth-order valence-corrected chi connectivity index (χ4v) is 2.29. The first-order valence-electron chi connectivity index (χ1n) is 7.67. The monoisotopic (exact) mass is 325 g/mol. The van der Waals surface area contributed by atoms with Gasteiger partial charge in [-0.05, 0) is 36.8 Å². The van der Waals surface area contributed by atoms with Crippen molar-refractivity contribution in [2.75, 3.05) is 0 Å². The summed E-state index contributed by atoms with van der Waals surface area (Å²) in [7, 11) is 1.88. The Morgan fingerprint density at radius 3 is 2.71 bits per heavy atom. The average Bonchev–Trinajstić information content (AvgIpc) is 3.25. The molecule has 0 saturated heterocycles. The van der Waals surface area contributed by atoms with Crippen molar-refractivity contribution in [3.63, 3.8) is 0 Å². The summed E-state index contributed by atoms with van der Waals surface area (Å²) in [6.07, 6.45) is 4.73. The molecule has 1 unspecified atom stereocenters. The molecule has 0 radical (unpaired) electrons. The molecule has 1 atom stereocenters. The zero-order valence-electron chi connectivity index (χ0n) is 13.6. The fraction of sp³-hybridized carbons (Fsp3) is 0.222. The Labute approximate surface area is 140 Å². The Bertz CT molecular complexity index is 791. The largest absolute Gasteiger partial charge is 0.481 e. The molecule has 1 aromatic carbocycles. The number of carbonyl (C=O) groups is 1. The smallest absolute Gasteiger partial charge is 0.261 e. The molecule has 2 aromatic heterocycles. The maximum atomic E-state index is 12.0. The van der Waals surface area contributed by atoms with Crippen LogP contribution in [-0.4, -0.2) is 21.8 Å². The summed E-state index contributed by atoms with van der Waals surface area (Å²) in [5, 5.41) is 6.93. The Morgan fingerprint density at radius 2 is 2.08 bits per heavy atom. The van der Waals surface area contributed by atoms with Crippen LogP contribution in [0.4, 0.5) is 0 Å². The van der Waals surface area contributed by atoms with E-state index in [4.69, 9.17) is 9.15 Å². The molecule has 0 fully saturated rings. The van der Waals surface area contributed by atoms with Crippen molar-refractivity contribution < 1.29 is 13.9 Å². The minimum absolute atomic E-state index is 0.192. The minimum Gasteiger partial charge on any atom is -0.481 e. The number of hydrogen-bond acceptors (Lipinski definition) is 4. The van der Waals surface area contributed by atoms with Gasteiger partial charge in [0.15, 0.2) is 6.10 Å². The SMILES string of the molecule is CC(Oc1ccc(-c2cnn(C)c2)cc1)C(=O)NCc1ccco1. The van der Waals surface area contributed by atoms with Crippen LogP contribution >= 0.6 is 0 Å². The number of amides is 1. The van der Waals surface area contributed by atoms with Gasteiger partial charge in [-0.2, -0.15) is 5.10 Å². The second-order valence-electron chi connectivity index (χ2n) is 5.48. The van der Waals surface area contributed by atoms with Crippen molar-refractivity contribution in [3.8, 4) is 16.9 Å². The zero-order chi connectivity index (χ0) is 16.9. The van der Waals surface area contributed by atoms with Crippen LogP contribution in [0.3, 0.4) is 0 Å². The van der Waals surface area contributed by atoms with Gasteiger partial charge in [0, 0.05) is 18.8 Å². The third-order valence-electron chi connectivity index (χ3n) is 3.59. The number of carbonyl (C=O) groups excluding carboxylic acids is 1. The third-order valence-corrected chi connectivity index (χ3v) is 3.59. The molecule has 3 aromatic rings. The number of nitrogens with zero attached hydrogens (tertiary/aromatic N) is 2. The van der Waals surface area contributed by atoms with E-state index in [1.165, 1.54) is 0 Å². The van der Waals surface area contributed by atoms with Crippen molar-refractivity contribution in [1.29, 1.82) is 0 Å². The molecule has 0 spiro atoms. The van der Waals surface area contributed by atoms with Gasteiger partial charge >= 0.3 is 0 Å². The first-order valence-corrected chi connectivity index (χ1v) is 7.67. The summed E-state index contributed by atoms with van der Waals surface area (Å²) in [5.74, 6) is 1.15. The topological polar surface area (TPSA) is 69.3 Å². The van der Waals surface area contributed by atoms with Crippen molar-refractivity contribution >= 4 is 5.91 Å². The maximum Gasteiger partial charge on any atom is 0.261 e. The number of ether oxygens (including phenoxy) is 1. The lowest BCUT2D eigenvalue weighted by molar-refractivity contribution is -0.127. The van der Waals surface area contributed by atoms with Gasteiger partial charge in [-0.15, -0.1) is 0 Å². The van der Waals surface area contributed by atoms with E-state index < -0.39 is 6.10 Å². The predicted molar refractivity (Wildman–Crippen MR) is 89.3 cm³/mol. The summed E-state index contributed by atoms with van der Waals surface area (Å²) in [6.45, 7) is 2.06. The predicted octanol–water partition coefficient (Wildman–Crippen LogP) is 2.76. The van der Waals surface area contributed by atoms with E-state index in [2.05, 4.69) is 10.4 Å². The molecule has 0 aliphatic heterocycles. The van der Waals surface area contributed by atoms with Gasteiger partial charge in [0.2, 0.25) is 0 Å². The molecule has 124 valence electrons. The van der Waals surface area contributed by atoms with Crippen LogP contribution in [0.2, 0.25) is 0 Å². The Morgan fingerprint density at radius 1 is 1.29 bits per heavy atom. The van der Waals surface area contributed by atoms with E-state index in [9.17, 15) is 4.79 Å². The molecular formula is C18H19N3O3. The minimum atomic E-state index is -0.593. The lowest BCUT2D eigenvalue weighted by atomic mass is 10.1. The van der Waals surface area contributed by atoms with Gasteiger partial charge in [-0.1, -0.05) is 12.1 Å². The van der Waals surface area contributed by atoms with E-state index in [0.717, 1.165) is 11.1 Å². The van der Waals surface area contributed by atoms with Crippen LogP contribution in [0.25, 0.3) is 11.1 Å². The highest BCUT2D eigenvalue weighted by molar-refractivity contribution is 5.80. The lowest BCUT2D eigenvalue weighted by Gasteiger charge is -2.14. The molecule has 0 saturated carbocycles. The van der Waals surface area contributed by atoms with Gasteiger partial charge in [0.05, 0.1) is 19.0 Å². The third kappa shape index (κ3) is 3.84. The summed E-state index contributed by atoms with van der Waals surface area (Å²) >= 11 is 0. The highest BCUT2D eigenvalue weighted by atomic mass is 16.5. The second-order valence-corrected chi connectivity index (χ2v) is 5.48. The van der Waals surface area contributed by atoms with E-state index in [0.29, 0.717) is 18.1 Å². The van der Waals surface area contributed by atoms with E-state index in [-0.39, 0.29) is 5.91 Å². The number of benzene rings is 1. The number of nitrogens with one attached hydrogen (secondary N) is 1. The molecular weight excluding hydrogens is 306 g/mol. The van der Waals surface area contributed by atoms with E-state index in [1.54, 1.807) is 30.1 Å². The number of aryl methyl sites for hydroxylation is 1. The Balaban J connectivity index is 1.55. The molecule has 1 amide bonds. The molecule has 1 N–H and O–H groups in total. The van der Waals surface area contributed by atoms with Crippen LogP contribution in [0.1, 0.15) is 12.7 Å². The van der Waals surface area contributed by atoms with Crippen LogP contribution in [0.5, 0.6) is 5.75 Å². The molecule has 3 rings (SSSR count).